The van der Waals surface area contributed by atoms with Crippen LogP contribution in [0.3, 0.4) is 0 Å². The number of hydrogen-bond donors (Lipinski definition) is 1. The van der Waals surface area contributed by atoms with Crippen LogP contribution in [0.4, 0.5) is 31.1 Å². The SMILES string of the molecule is O=C(CC(c1ccc(OCc2cccc(Sc3ccc(C(F)(F)F)cc3)c2)cc1)c1ccon1)N1C(=O)OC[C@@H]1Cc1ccccc1.OCc1cccc(Sc2ccc(C(F)(F)F)cc2)c1. The van der Waals surface area contributed by atoms with Crippen LogP contribution < -0.4 is 4.74 Å². The number of carbonyl (C=O) groups excluding carboxylic acids is 2. The third-order valence-corrected chi connectivity index (χ3v) is 12.2. The van der Waals surface area contributed by atoms with Gasteiger partial charge in [0, 0.05) is 38.0 Å². The average molecular weight is 943 g/mol. The number of halogens is 6. The molecular formula is C50H40F6N2O6S2. The molecule has 16 heteroatoms. The van der Waals surface area contributed by atoms with E-state index in [0.29, 0.717) is 22.8 Å². The maximum absolute atomic E-state index is 13.6. The van der Waals surface area contributed by atoms with Gasteiger partial charge in [0.2, 0.25) is 5.91 Å². The van der Waals surface area contributed by atoms with Crippen molar-refractivity contribution in [1.82, 2.24) is 10.1 Å². The van der Waals surface area contributed by atoms with Crippen molar-refractivity contribution in [3.8, 4) is 5.75 Å². The number of amides is 2. The van der Waals surface area contributed by atoms with Crippen LogP contribution in [0.15, 0.2) is 188 Å². The largest absolute Gasteiger partial charge is 0.489 e. The van der Waals surface area contributed by atoms with E-state index in [1.165, 1.54) is 59.0 Å². The Bertz CT molecular complexity index is 2670. The molecule has 1 saturated heterocycles. The van der Waals surface area contributed by atoms with Gasteiger partial charge in [0.05, 0.1) is 29.5 Å². The second kappa shape index (κ2) is 21.7. The molecule has 0 aliphatic carbocycles. The number of hydrogen-bond acceptors (Lipinski definition) is 9. The zero-order valence-electron chi connectivity index (χ0n) is 34.7. The van der Waals surface area contributed by atoms with Gasteiger partial charge in [-0.15, -0.1) is 0 Å². The van der Waals surface area contributed by atoms with Gasteiger partial charge in [-0.05, 0) is 114 Å². The Balaban J connectivity index is 0.000000285. The Morgan fingerprint density at radius 2 is 1.26 bits per heavy atom. The average Bonchev–Trinajstić information content (AvgIpc) is 3.98. The van der Waals surface area contributed by atoms with Crippen LogP contribution in [0.2, 0.25) is 0 Å². The van der Waals surface area contributed by atoms with Crippen LogP contribution in [0.25, 0.3) is 0 Å². The fourth-order valence-electron chi connectivity index (χ4n) is 6.94. The first-order valence-electron chi connectivity index (χ1n) is 20.4. The quantitative estimate of drug-likeness (QED) is 0.107. The van der Waals surface area contributed by atoms with Crippen molar-refractivity contribution >= 4 is 35.5 Å². The summed E-state index contributed by atoms with van der Waals surface area (Å²) in [5.41, 5.74) is 2.68. The molecule has 1 fully saturated rings. The number of aliphatic hydroxyl groups excluding tert-OH is 1. The smallest absolute Gasteiger partial charge is 0.416 e. The molecule has 0 bridgehead atoms. The van der Waals surface area contributed by atoms with E-state index in [1.807, 2.05) is 78.9 Å². The number of nitrogens with zero attached hydrogens (tertiary/aromatic N) is 2. The highest BCUT2D eigenvalue weighted by atomic mass is 32.2. The van der Waals surface area contributed by atoms with Crippen LogP contribution in [-0.2, 0) is 41.5 Å². The van der Waals surface area contributed by atoms with Gasteiger partial charge in [-0.2, -0.15) is 26.3 Å². The van der Waals surface area contributed by atoms with Crippen LogP contribution in [0, 0.1) is 0 Å². The van der Waals surface area contributed by atoms with E-state index in [9.17, 15) is 35.9 Å². The van der Waals surface area contributed by atoms with E-state index in [0.717, 1.165) is 61.2 Å². The van der Waals surface area contributed by atoms with Crippen LogP contribution in [-0.4, -0.2) is 39.8 Å². The van der Waals surface area contributed by atoms with E-state index in [-0.39, 0.29) is 32.1 Å². The monoisotopic (exact) mass is 942 g/mol. The van der Waals surface area contributed by atoms with E-state index >= 15 is 0 Å². The summed E-state index contributed by atoms with van der Waals surface area (Å²) in [6.07, 6.45) is -7.41. The fraction of sp³-hybridized carbons (Fsp3) is 0.180. The Labute approximate surface area is 384 Å². The molecular weight excluding hydrogens is 903 g/mol. The van der Waals surface area contributed by atoms with Crippen molar-refractivity contribution < 1.29 is 55.0 Å². The zero-order valence-corrected chi connectivity index (χ0v) is 36.4. The number of rotatable bonds is 14. The molecule has 1 aliphatic heterocycles. The highest BCUT2D eigenvalue weighted by molar-refractivity contribution is 7.99. The molecule has 7 aromatic rings. The maximum atomic E-state index is 13.6. The number of cyclic esters (lactones) is 1. The van der Waals surface area contributed by atoms with Crippen molar-refractivity contribution in [3.63, 3.8) is 0 Å². The van der Waals surface area contributed by atoms with Gasteiger partial charge in [0.15, 0.2) is 0 Å². The number of carbonyl (C=O) groups is 2. The van der Waals surface area contributed by atoms with Crippen molar-refractivity contribution in [3.05, 3.63) is 203 Å². The highest BCUT2D eigenvalue weighted by Gasteiger charge is 2.39. The highest BCUT2D eigenvalue weighted by Crippen LogP contribution is 2.36. The zero-order chi connectivity index (χ0) is 46.7. The summed E-state index contributed by atoms with van der Waals surface area (Å²) in [4.78, 5) is 30.5. The summed E-state index contributed by atoms with van der Waals surface area (Å²) < 4.78 is 92.3. The Morgan fingerprint density at radius 3 is 1.80 bits per heavy atom. The lowest BCUT2D eigenvalue weighted by Gasteiger charge is -2.22. The summed E-state index contributed by atoms with van der Waals surface area (Å²) >= 11 is 2.72. The minimum Gasteiger partial charge on any atom is -0.489 e. The predicted octanol–water partition coefficient (Wildman–Crippen LogP) is 12.9. The topological polar surface area (TPSA) is 102 Å². The first kappa shape index (κ1) is 47.5. The van der Waals surface area contributed by atoms with Crippen molar-refractivity contribution in [2.24, 2.45) is 0 Å². The molecule has 1 unspecified atom stereocenters. The standard InChI is InChI=1S/C36H29F3N2O5S.C14H11F3OS/c37-36(38,39)27-11-15-30(16-12-27)47-31-8-4-7-25(20-31)22-44-29-13-9-26(10-14-29)32(33-17-18-46-40-33)21-34(42)41-28(23-45-35(41)43)19-24-5-2-1-3-6-24;15-14(16,17)11-4-6-12(7-5-11)19-13-3-1-2-10(8-13)9-18/h1-18,20,28,32H,19,21-23H2;1-8,18H,9H2/t28-,32?;/m0./s1. The van der Waals surface area contributed by atoms with Crippen LogP contribution in [0.5, 0.6) is 5.75 Å². The van der Waals surface area contributed by atoms with Crippen LogP contribution in [0.1, 0.15) is 51.4 Å². The van der Waals surface area contributed by atoms with Gasteiger partial charge in [0.25, 0.3) is 0 Å². The molecule has 2 heterocycles. The molecule has 0 spiro atoms. The Hall–Kier alpha value is -6.49. The third kappa shape index (κ3) is 13.1. The van der Waals surface area contributed by atoms with Crippen molar-refractivity contribution in [2.45, 2.75) is 69.9 Å². The molecule has 8 nitrogen and oxygen atoms in total. The maximum Gasteiger partial charge on any atom is 0.416 e. The molecule has 1 aromatic heterocycles. The fourth-order valence-corrected chi connectivity index (χ4v) is 8.74. The van der Waals surface area contributed by atoms with Gasteiger partial charge in [-0.3, -0.25) is 4.79 Å². The van der Waals surface area contributed by atoms with Gasteiger partial charge in [-0.25, -0.2) is 9.69 Å². The summed E-state index contributed by atoms with van der Waals surface area (Å²) in [5.74, 6) is -0.235. The second-order valence-corrected chi connectivity index (χ2v) is 17.2. The normalized spacial score (nSPS) is 14.3. The molecule has 2 atom stereocenters. The molecule has 66 heavy (non-hydrogen) atoms. The predicted molar refractivity (Wildman–Crippen MR) is 236 cm³/mol. The first-order valence-corrected chi connectivity index (χ1v) is 22.0. The number of aromatic nitrogens is 1. The van der Waals surface area contributed by atoms with Gasteiger partial charge in [-0.1, -0.05) is 95.4 Å². The molecule has 2 amide bonds. The molecule has 340 valence electrons. The van der Waals surface area contributed by atoms with Crippen molar-refractivity contribution in [2.75, 3.05) is 6.61 Å². The lowest BCUT2D eigenvalue weighted by molar-refractivity contribution is -0.138. The van der Waals surface area contributed by atoms with Gasteiger partial charge in [0.1, 0.15) is 25.2 Å². The Kier molecular flexibility index (Phi) is 15.6. The minimum absolute atomic E-state index is 0.0173. The van der Waals surface area contributed by atoms with E-state index in [4.69, 9.17) is 19.1 Å². The number of alkyl halides is 6. The van der Waals surface area contributed by atoms with Gasteiger partial charge < -0.3 is 19.1 Å². The molecule has 6 aromatic carbocycles. The summed E-state index contributed by atoms with van der Waals surface area (Å²) in [6.45, 7) is 0.351. The number of imide groups is 1. The number of ether oxygens (including phenoxy) is 2. The lowest BCUT2D eigenvalue weighted by Crippen LogP contribution is -2.40. The summed E-state index contributed by atoms with van der Waals surface area (Å²) in [6, 6.07) is 43.2. The van der Waals surface area contributed by atoms with Gasteiger partial charge >= 0.3 is 18.4 Å². The second-order valence-electron chi connectivity index (χ2n) is 14.9. The Morgan fingerprint density at radius 1 is 0.697 bits per heavy atom. The summed E-state index contributed by atoms with van der Waals surface area (Å²) in [5, 5.41) is 13.1. The van der Waals surface area contributed by atoms with E-state index in [1.54, 1.807) is 30.3 Å². The molecule has 8 rings (SSSR count). The third-order valence-electron chi connectivity index (χ3n) is 10.2. The van der Waals surface area contributed by atoms with Crippen molar-refractivity contribution in [1.29, 1.82) is 0 Å². The lowest BCUT2D eigenvalue weighted by atomic mass is 9.91. The summed E-state index contributed by atoms with van der Waals surface area (Å²) in [7, 11) is 0. The number of aliphatic hydroxyl groups is 1. The molecule has 0 saturated carbocycles. The molecule has 1 aliphatic rings. The molecule has 0 radical (unpaired) electrons. The van der Waals surface area contributed by atoms with E-state index in [2.05, 4.69) is 5.16 Å². The van der Waals surface area contributed by atoms with E-state index < -0.39 is 41.5 Å². The first-order chi connectivity index (χ1) is 31.7. The molecule has 1 N–H and O–H groups in total. The minimum atomic E-state index is -4.37. The van der Waals surface area contributed by atoms with Crippen LogP contribution >= 0.6 is 23.5 Å². The number of benzene rings is 6.